The van der Waals surface area contributed by atoms with Crippen LogP contribution in [0, 0.1) is 5.41 Å². The maximum Gasteiger partial charge on any atom is 0.182 e. The van der Waals surface area contributed by atoms with E-state index >= 15 is 0 Å². The zero-order valence-electron chi connectivity index (χ0n) is 19.5. The Morgan fingerprint density at radius 2 is 2.03 bits per heavy atom. The van der Waals surface area contributed by atoms with Gasteiger partial charge in [0.05, 0.1) is 13.2 Å². The summed E-state index contributed by atoms with van der Waals surface area (Å²) in [7, 11) is 0. The summed E-state index contributed by atoms with van der Waals surface area (Å²) < 4.78 is 5.81. The summed E-state index contributed by atoms with van der Waals surface area (Å²) in [5, 5.41) is 19.3. The predicted octanol–water partition coefficient (Wildman–Crippen LogP) is 3.79. The van der Waals surface area contributed by atoms with Gasteiger partial charge in [-0.25, -0.2) is 4.98 Å². The number of rotatable bonds is 9. The molecule has 0 saturated heterocycles. The number of ketones is 1. The molecular weight excluding hydrogens is 404 g/mol. The highest BCUT2D eigenvalue weighted by Gasteiger charge is 2.29. The maximum absolute atomic E-state index is 13.2. The Morgan fingerprint density at radius 1 is 1.28 bits per heavy atom. The van der Waals surface area contributed by atoms with E-state index in [4.69, 9.17) is 15.9 Å². The number of carbonyl (C=O) groups is 1. The van der Waals surface area contributed by atoms with E-state index in [0.717, 1.165) is 30.5 Å². The lowest BCUT2D eigenvalue weighted by Crippen LogP contribution is -2.30. The van der Waals surface area contributed by atoms with Crippen molar-refractivity contribution in [2.75, 3.05) is 19.7 Å². The Kier molecular flexibility index (Phi) is 7.19. The first-order valence-electron chi connectivity index (χ1n) is 11.2. The summed E-state index contributed by atoms with van der Waals surface area (Å²) in [5.41, 5.74) is 8.85. The molecule has 3 rings (SSSR count). The summed E-state index contributed by atoms with van der Waals surface area (Å²) in [5.74, 6) is 0.526. The van der Waals surface area contributed by atoms with Crippen LogP contribution in [0.1, 0.15) is 73.4 Å². The number of fused-ring (bicyclic) bond motifs is 1. The van der Waals surface area contributed by atoms with Crippen LogP contribution >= 0.6 is 0 Å². The Labute approximate surface area is 190 Å². The minimum Gasteiger partial charge on any atom is -0.504 e. The number of hydrogen-bond donors (Lipinski definition) is 3. The highest BCUT2D eigenvalue weighted by Crippen LogP contribution is 2.39. The number of amidine groups is 1. The Morgan fingerprint density at radius 3 is 2.69 bits per heavy atom. The number of aromatic hydroxyl groups is 1. The topological polar surface area (TPSA) is 113 Å². The molecule has 7 heteroatoms. The molecule has 2 heterocycles. The molecular formula is C25H34N4O3. The van der Waals surface area contributed by atoms with Crippen LogP contribution in [0.3, 0.4) is 0 Å². The van der Waals surface area contributed by atoms with Gasteiger partial charge in [-0.05, 0) is 49.4 Å². The molecule has 1 aliphatic rings. The van der Waals surface area contributed by atoms with Crippen LogP contribution in [0.5, 0.6) is 11.5 Å². The van der Waals surface area contributed by atoms with Crippen LogP contribution in [0.25, 0.3) is 0 Å². The van der Waals surface area contributed by atoms with E-state index in [9.17, 15) is 9.90 Å². The number of Topliss-reactive ketones (excluding diaryl/α,β-unsaturated/α-hetero) is 1. The van der Waals surface area contributed by atoms with E-state index in [1.165, 1.54) is 0 Å². The van der Waals surface area contributed by atoms with E-state index in [2.05, 4.69) is 4.98 Å². The number of hydrogen-bond acceptors (Lipinski definition) is 6. The number of ether oxygens (including phenoxy) is 1. The standard InChI is InChI=1S/C25H34N4O3/c1-5-18-9-8-16-14-29(24(27)22(16)28-18)15-20(30)17-12-19(25(2,3)4)23(31)21(13-17)32-11-7-6-10-26/h8-9,12-13,27,31H,5-7,10-11,14-15,26H2,1-4H3. The molecule has 32 heavy (non-hydrogen) atoms. The van der Waals surface area contributed by atoms with Gasteiger partial charge in [0.2, 0.25) is 0 Å². The second-order valence-electron chi connectivity index (χ2n) is 9.26. The van der Waals surface area contributed by atoms with Crippen molar-refractivity contribution in [3.8, 4) is 11.5 Å². The van der Waals surface area contributed by atoms with Crippen molar-refractivity contribution in [3.05, 3.63) is 52.3 Å². The molecule has 1 aromatic heterocycles. The third kappa shape index (κ3) is 5.10. The molecule has 0 unspecified atom stereocenters. The molecule has 1 aliphatic heterocycles. The van der Waals surface area contributed by atoms with Crippen molar-refractivity contribution in [3.63, 3.8) is 0 Å². The van der Waals surface area contributed by atoms with Crippen molar-refractivity contribution in [2.24, 2.45) is 5.73 Å². The molecule has 0 spiro atoms. The maximum atomic E-state index is 13.2. The van der Waals surface area contributed by atoms with Crippen molar-refractivity contribution >= 4 is 11.6 Å². The van der Waals surface area contributed by atoms with Crippen molar-refractivity contribution in [2.45, 2.75) is 58.9 Å². The lowest BCUT2D eigenvalue weighted by atomic mass is 9.84. The van der Waals surface area contributed by atoms with Gasteiger partial charge >= 0.3 is 0 Å². The van der Waals surface area contributed by atoms with Gasteiger partial charge in [0.1, 0.15) is 11.5 Å². The van der Waals surface area contributed by atoms with E-state index in [-0.39, 0.29) is 29.3 Å². The van der Waals surface area contributed by atoms with Crippen molar-refractivity contribution < 1.29 is 14.6 Å². The zero-order valence-corrected chi connectivity index (χ0v) is 19.5. The molecule has 7 nitrogen and oxygen atoms in total. The highest BCUT2D eigenvalue weighted by atomic mass is 16.5. The number of benzene rings is 1. The van der Waals surface area contributed by atoms with Crippen LogP contribution < -0.4 is 10.5 Å². The number of pyridine rings is 1. The van der Waals surface area contributed by atoms with E-state index in [1.807, 2.05) is 39.8 Å². The van der Waals surface area contributed by atoms with E-state index < -0.39 is 0 Å². The van der Waals surface area contributed by atoms with Gasteiger partial charge in [0.25, 0.3) is 0 Å². The fraction of sp³-hybridized carbons (Fsp3) is 0.480. The SMILES string of the molecule is CCc1ccc2c(n1)C(=N)N(CC(=O)c1cc(OCCCCN)c(O)c(C(C)(C)C)c1)C2. The van der Waals surface area contributed by atoms with Gasteiger partial charge in [-0.1, -0.05) is 33.8 Å². The van der Waals surface area contributed by atoms with Crippen molar-refractivity contribution in [1.29, 1.82) is 5.41 Å². The quantitative estimate of drug-likeness (QED) is 0.406. The fourth-order valence-corrected chi connectivity index (χ4v) is 3.77. The Balaban J connectivity index is 1.83. The normalized spacial score (nSPS) is 13.4. The van der Waals surface area contributed by atoms with Gasteiger partial charge in [0.15, 0.2) is 17.3 Å². The summed E-state index contributed by atoms with van der Waals surface area (Å²) >= 11 is 0. The van der Waals surface area contributed by atoms with Crippen LogP contribution in [-0.4, -0.2) is 46.3 Å². The molecule has 0 radical (unpaired) electrons. The molecule has 4 N–H and O–H groups in total. The summed E-state index contributed by atoms with van der Waals surface area (Å²) in [6, 6.07) is 7.31. The highest BCUT2D eigenvalue weighted by molar-refractivity contribution is 6.04. The number of aromatic nitrogens is 1. The molecule has 0 fully saturated rings. The van der Waals surface area contributed by atoms with Gasteiger partial charge in [-0.2, -0.15) is 0 Å². The number of nitrogens with two attached hydrogens (primary N) is 1. The first-order valence-corrected chi connectivity index (χ1v) is 11.2. The van der Waals surface area contributed by atoms with Gasteiger partial charge < -0.3 is 20.5 Å². The van der Waals surface area contributed by atoms with Crippen LogP contribution in [0.4, 0.5) is 0 Å². The van der Waals surface area contributed by atoms with E-state index in [1.54, 1.807) is 17.0 Å². The van der Waals surface area contributed by atoms with Crippen molar-refractivity contribution in [1.82, 2.24) is 9.88 Å². The lowest BCUT2D eigenvalue weighted by molar-refractivity contribution is 0.0962. The largest absolute Gasteiger partial charge is 0.504 e. The lowest BCUT2D eigenvalue weighted by Gasteiger charge is -2.24. The second kappa shape index (κ2) is 9.69. The first-order chi connectivity index (χ1) is 15.2. The molecule has 0 atom stereocenters. The smallest absolute Gasteiger partial charge is 0.182 e. The molecule has 172 valence electrons. The average molecular weight is 439 g/mol. The third-order valence-electron chi connectivity index (χ3n) is 5.70. The Hall–Kier alpha value is -2.93. The molecule has 0 bridgehead atoms. The summed E-state index contributed by atoms with van der Waals surface area (Å²) in [6.07, 6.45) is 2.41. The van der Waals surface area contributed by atoms with Gasteiger partial charge in [-0.3, -0.25) is 10.2 Å². The molecule has 0 aliphatic carbocycles. The number of unbranched alkanes of at least 4 members (excludes halogenated alkanes) is 1. The van der Waals surface area contributed by atoms with Crippen LogP contribution in [0.15, 0.2) is 24.3 Å². The number of nitrogens with one attached hydrogen (secondary N) is 1. The number of aryl methyl sites for hydroxylation is 1. The number of nitrogens with zero attached hydrogens (tertiary/aromatic N) is 2. The monoisotopic (exact) mass is 438 g/mol. The third-order valence-corrected chi connectivity index (χ3v) is 5.70. The zero-order chi connectivity index (χ0) is 23.5. The van der Waals surface area contributed by atoms with Gasteiger partial charge in [-0.15, -0.1) is 0 Å². The molecule has 1 aromatic carbocycles. The second-order valence-corrected chi connectivity index (χ2v) is 9.26. The molecule has 0 saturated carbocycles. The molecule has 2 aromatic rings. The Bertz CT molecular complexity index is 1010. The minimum atomic E-state index is -0.368. The average Bonchev–Trinajstić information content (AvgIpc) is 3.05. The predicted molar refractivity (Wildman–Crippen MR) is 126 cm³/mol. The number of phenols is 1. The minimum absolute atomic E-state index is 0.0671. The fourth-order valence-electron chi connectivity index (χ4n) is 3.77. The van der Waals surface area contributed by atoms with E-state index in [0.29, 0.717) is 42.3 Å². The first kappa shape index (κ1) is 23.7. The summed E-state index contributed by atoms with van der Waals surface area (Å²) in [6.45, 7) is 9.54. The molecule has 0 amide bonds. The number of phenolic OH excluding ortho intramolecular Hbond substituents is 1. The summed E-state index contributed by atoms with van der Waals surface area (Å²) in [4.78, 5) is 19.5. The van der Waals surface area contributed by atoms with Crippen LogP contribution in [-0.2, 0) is 18.4 Å². The van der Waals surface area contributed by atoms with Crippen LogP contribution in [0.2, 0.25) is 0 Å². The number of carbonyl (C=O) groups excluding carboxylic acids is 1. The van der Waals surface area contributed by atoms with Gasteiger partial charge in [0, 0.05) is 28.9 Å².